The third-order valence-corrected chi connectivity index (χ3v) is 21.5. The number of aromatic amines is 2. The van der Waals surface area contributed by atoms with Crippen LogP contribution in [0.2, 0.25) is 8.93 Å². The molecule has 2 aliphatic rings. The van der Waals surface area contributed by atoms with E-state index in [0.29, 0.717) is 41.9 Å². The van der Waals surface area contributed by atoms with Crippen molar-refractivity contribution in [2.75, 3.05) is 11.4 Å². The van der Waals surface area contributed by atoms with Crippen molar-refractivity contribution < 1.29 is 33.8 Å². The number of carbonyl (C=O) groups is 4. The van der Waals surface area contributed by atoms with Gasteiger partial charge in [0.05, 0.1) is 15.9 Å². The van der Waals surface area contributed by atoms with E-state index in [0.717, 1.165) is 63.8 Å². The maximum Gasteiger partial charge on any atom is 0.419 e. The number of hydrogen-bond donors (Lipinski definition) is 3. The molecule has 0 saturated heterocycles. The Morgan fingerprint density at radius 1 is 0.550 bits per heavy atom. The van der Waals surface area contributed by atoms with E-state index in [1.54, 1.807) is 56.0 Å². The summed E-state index contributed by atoms with van der Waals surface area (Å²) in [6.07, 6.45) is 16.1. The summed E-state index contributed by atoms with van der Waals surface area (Å²) < 4.78 is 14.6. The molecule has 2 unspecified atom stereocenters. The van der Waals surface area contributed by atoms with Gasteiger partial charge in [-0.05, 0) is 133 Å². The minimum atomic E-state index is -1.34. The number of benzene rings is 6. The fourth-order valence-electron chi connectivity index (χ4n) is 12.3. The summed E-state index contributed by atoms with van der Waals surface area (Å²) in [5.41, 5.74) is 11.3. The number of halogens is 2. The van der Waals surface area contributed by atoms with Crippen molar-refractivity contribution in [2.45, 2.75) is 131 Å². The number of H-pyrrole nitrogens is 2. The highest BCUT2D eigenvalue weighted by molar-refractivity contribution is 7.16. The summed E-state index contributed by atoms with van der Waals surface area (Å²) >= 11 is 16.5. The molecule has 1 aliphatic carbocycles. The molecular formula is C80H80Cl2N8O7S3. The van der Waals surface area contributed by atoms with E-state index in [1.165, 1.54) is 75.9 Å². The van der Waals surface area contributed by atoms with Crippen LogP contribution in [-0.4, -0.2) is 80.7 Å². The van der Waals surface area contributed by atoms with Crippen LogP contribution in [0.5, 0.6) is 0 Å². The number of Topliss-reactive ketones (excluding diaryl/α,β-unsaturated/α-hetero) is 2. The van der Waals surface area contributed by atoms with Crippen LogP contribution in [-0.2, 0) is 39.9 Å². The largest absolute Gasteiger partial charge is 0.443 e. The number of ether oxygens (including phenoxy) is 2. The van der Waals surface area contributed by atoms with Gasteiger partial charge in [-0.25, -0.2) is 24.5 Å². The third kappa shape index (κ3) is 16.1. The Balaban J connectivity index is 0.000000129. The zero-order valence-corrected chi connectivity index (χ0v) is 61.9. The highest BCUT2D eigenvalue weighted by Crippen LogP contribution is 2.44. The number of aliphatic hydroxyl groups is 1. The zero-order chi connectivity index (χ0) is 71.4. The highest BCUT2D eigenvalue weighted by Gasteiger charge is 2.34. The molecule has 100 heavy (non-hydrogen) atoms. The minimum absolute atomic E-state index is 0.0708. The van der Waals surface area contributed by atoms with Crippen LogP contribution >= 0.6 is 57.2 Å². The first-order valence-electron chi connectivity index (χ1n) is 32.9. The van der Waals surface area contributed by atoms with Gasteiger partial charge in [-0.15, -0.1) is 34.0 Å². The number of carbonyl (C=O) groups excluding carboxylic acids is 4. The molecule has 7 aromatic heterocycles. The van der Waals surface area contributed by atoms with Crippen LogP contribution in [0.4, 0.5) is 14.7 Å². The lowest BCUT2D eigenvalue weighted by atomic mass is 9.83. The van der Waals surface area contributed by atoms with Gasteiger partial charge in [-0.1, -0.05) is 171 Å². The number of fused-ring (bicyclic) bond motifs is 6. The Kier molecular flexibility index (Phi) is 21.5. The van der Waals surface area contributed by atoms with Crippen LogP contribution < -0.4 is 4.90 Å². The average molecular weight is 1430 g/mol. The van der Waals surface area contributed by atoms with E-state index in [-0.39, 0.29) is 17.0 Å². The molecule has 0 saturated carbocycles. The number of rotatable bonds is 9. The van der Waals surface area contributed by atoms with Crippen LogP contribution in [0.25, 0.3) is 49.2 Å². The molecule has 0 radical (unpaired) electrons. The number of ketones is 2. The second-order valence-corrected chi connectivity index (χ2v) is 31.6. The second-order valence-electron chi connectivity index (χ2n) is 27.3. The normalized spacial score (nSPS) is 13.6. The predicted molar refractivity (Wildman–Crippen MR) is 409 cm³/mol. The van der Waals surface area contributed by atoms with Gasteiger partial charge in [-0.3, -0.25) is 18.7 Å². The maximum absolute atomic E-state index is 12.6. The molecule has 13 aromatic rings. The second kappa shape index (κ2) is 29.9. The molecule has 0 spiro atoms. The standard InChI is InChI=1S/C23H22N2S.C18H19ClN2O3S.C15H17NO3.C14H13ClN2S.C10H9NO/c1-16(20-11-10-18-7-4-5-9-21(18)20)22-14-24-23(26-22)25-13-12-17-6-2-3-8-19(17)15-25;1-17(2,3)24-16(22)21-10-12(11-7-5-6-8-13(11)21)18(4,23)14-9-20-15(19)25-14;1-10(17)12-9-16(14(18)19-15(2,3)4)13-8-6-5-7-11(12)13;1-14(2,12-8-17-13(15)18-12)10-7-16-11-6-4-3-5-9(10)11;1-7(12)9-6-11-10-5-3-2-4-8(9)10/h2-9,11,14,16H,10,12-13,15H2,1H3;5-10,23H,1-4H3;5-9H,1-4H3;3-8,16H,1-2H3;2-6,11H,1H3. The lowest BCUT2D eigenvalue weighted by Crippen LogP contribution is -2.30. The fraction of sp³-hybridized carbons (Fsp3) is 0.263. The topological polar surface area (TPSA) is 190 Å². The van der Waals surface area contributed by atoms with Crippen LogP contribution in [0.3, 0.4) is 0 Å². The molecule has 15 rings (SSSR count). The van der Waals surface area contributed by atoms with Crippen LogP contribution in [0.15, 0.2) is 195 Å². The summed E-state index contributed by atoms with van der Waals surface area (Å²) in [6, 6.07) is 48.4. The first-order chi connectivity index (χ1) is 47.6. The van der Waals surface area contributed by atoms with Crippen molar-refractivity contribution in [3.05, 3.63) is 263 Å². The summed E-state index contributed by atoms with van der Waals surface area (Å²) in [5.74, 6) is 0.438. The van der Waals surface area contributed by atoms with Crippen molar-refractivity contribution in [2.24, 2.45) is 0 Å². The SMILES string of the molecule is CC(=O)c1c[nH]c2ccccc12.CC(=O)c1cn(C(=O)OC(C)(C)C)c2ccccc12.CC(C)(C)OC(=O)n1cc(C(C)(O)c2cnc(Cl)s2)c2ccccc21.CC(C)(c1cnc(Cl)s1)c1c[nH]c2ccccc12.CC(C1=CCc2ccccc21)c1cnc(N2CCc3ccccc3C2)s1. The number of allylic oxidation sites excluding steroid dienone is 2. The molecule has 15 nitrogen and oxygen atoms in total. The lowest BCUT2D eigenvalue weighted by Gasteiger charge is -2.28. The Morgan fingerprint density at radius 2 is 1.06 bits per heavy atom. The van der Waals surface area contributed by atoms with Crippen molar-refractivity contribution in [1.82, 2.24) is 34.1 Å². The molecule has 6 aromatic carbocycles. The number of hydrogen-bond acceptors (Lipinski definition) is 14. The van der Waals surface area contributed by atoms with E-state index in [4.69, 9.17) is 37.7 Å². The highest BCUT2D eigenvalue weighted by atomic mass is 35.5. The summed E-state index contributed by atoms with van der Waals surface area (Å²) in [5, 5.41) is 16.1. The van der Waals surface area contributed by atoms with Gasteiger partial charge in [0, 0.05) is 127 Å². The minimum Gasteiger partial charge on any atom is -0.443 e. The van der Waals surface area contributed by atoms with Crippen LogP contribution in [0, 0.1) is 0 Å². The third-order valence-electron chi connectivity index (χ3n) is 17.5. The van der Waals surface area contributed by atoms with E-state index in [1.807, 2.05) is 132 Å². The summed E-state index contributed by atoms with van der Waals surface area (Å²) in [4.78, 5) is 72.3. The number of nitrogens with zero attached hydrogens (tertiary/aromatic N) is 6. The monoisotopic (exact) mass is 1430 g/mol. The Labute approximate surface area is 604 Å². The Bertz CT molecular complexity index is 5160. The van der Waals surface area contributed by atoms with Gasteiger partial charge in [-0.2, -0.15) is 0 Å². The molecule has 3 N–H and O–H groups in total. The molecule has 1 aliphatic heterocycles. The molecule has 0 fully saturated rings. The van der Waals surface area contributed by atoms with Gasteiger partial charge in [0.1, 0.15) is 16.8 Å². The molecule has 2 atom stereocenters. The van der Waals surface area contributed by atoms with E-state index in [2.05, 4.69) is 131 Å². The van der Waals surface area contributed by atoms with E-state index >= 15 is 0 Å². The lowest BCUT2D eigenvalue weighted by molar-refractivity contribution is 0.0531. The fourth-order valence-corrected chi connectivity index (χ4v) is 15.4. The first-order valence-corrected chi connectivity index (χ1v) is 36.1. The van der Waals surface area contributed by atoms with Crippen molar-refractivity contribution in [1.29, 1.82) is 0 Å². The van der Waals surface area contributed by atoms with E-state index in [9.17, 15) is 24.3 Å². The van der Waals surface area contributed by atoms with Crippen molar-refractivity contribution in [3.8, 4) is 0 Å². The molecule has 8 heterocycles. The zero-order valence-electron chi connectivity index (χ0n) is 57.9. The maximum atomic E-state index is 12.6. The van der Waals surface area contributed by atoms with E-state index < -0.39 is 29.0 Å². The molecule has 514 valence electrons. The van der Waals surface area contributed by atoms with Gasteiger partial charge in [0.25, 0.3) is 0 Å². The summed E-state index contributed by atoms with van der Waals surface area (Å²) in [6.45, 7) is 24.3. The Morgan fingerprint density at radius 3 is 1.67 bits per heavy atom. The predicted octanol–water partition coefficient (Wildman–Crippen LogP) is 20.8. The molecule has 20 heteroatoms. The number of para-hydroxylation sites is 4. The smallest absolute Gasteiger partial charge is 0.419 e. The number of nitrogens with one attached hydrogen (secondary N) is 2. The van der Waals surface area contributed by atoms with Gasteiger partial charge >= 0.3 is 12.2 Å². The Hall–Kier alpha value is -9.27. The quantitative estimate of drug-likeness (QED) is 0.117. The summed E-state index contributed by atoms with van der Waals surface area (Å²) in [7, 11) is 0. The number of thiazole rings is 3. The van der Waals surface area contributed by atoms with Crippen molar-refractivity contribution >= 4 is 135 Å². The van der Waals surface area contributed by atoms with Gasteiger partial charge in [0.2, 0.25) is 0 Å². The number of anilines is 1. The van der Waals surface area contributed by atoms with Gasteiger partial charge < -0.3 is 29.4 Å². The van der Waals surface area contributed by atoms with Crippen molar-refractivity contribution in [3.63, 3.8) is 0 Å². The number of aromatic nitrogens is 7. The average Bonchev–Trinajstić information content (AvgIpc) is 1.61. The molecule has 0 amide bonds. The van der Waals surface area contributed by atoms with Gasteiger partial charge in [0.15, 0.2) is 25.6 Å². The molecule has 0 bridgehead atoms. The molecular weight excluding hydrogens is 1350 g/mol. The van der Waals surface area contributed by atoms with Crippen LogP contribution in [0.1, 0.15) is 158 Å². The first kappa shape index (κ1) is 72.0.